The van der Waals surface area contributed by atoms with Crippen LogP contribution in [0.4, 0.5) is 11.5 Å². The van der Waals surface area contributed by atoms with Crippen molar-refractivity contribution in [1.29, 1.82) is 5.26 Å². The molecule has 2 unspecified atom stereocenters. The number of nitrogens with one attached hydrogen (secondary N) is 2. The van der Waals surface area contributed by atoms with Crippen LogP contribution in [-0.4, -0.2) is 119 Å². The van der Waals surface area contributed by atoms with Gasteiger partial charge in [-0.1, -0.05) is 0 Å². The minimum absolute atomic E-state index is 0.0149. The summed E-state index contributed by atoms with van der Waals surface area (Å²) in [7, 11) is 0. The van der Waals surface area contributed by atoms with E-state index in [2.05, 4.69) is 41.4 Å². The van der Waals surface area contributed by atoms with Crippen molar-refractivity contribution in [3.8, 4) is 11.8 Å². The second-order valence-corrected chi connectivity index (χ2v) is 16.0. The molecule has 0 radical (unpaired) electrons. The summed E-state index contributed by atoms with van der Waals surface area (Å²) in [6, 6.07) is 17.9. The predicted molar refractivity (Wildman–Crippen MR) is 213 cm³/mol. The van der Waals surface area contributed by atoms with Gasteiger partial charge in [0, 0.05) is 94.6 Å². The number of imide groups is 1. The van der Waals surface area contributed by atoms with E-state index in [1.54, 1.807) is 30.6 Å². The summed E-state index contributed by atoms with van der Waals surface area (Å²) in [6.45, 7) is 6.25. The summed E-state index contributed by atoms with van der Waals surface area (Å²) in [5, 5.41) is 26.1. The number of carbonyl (C=O) groups excluding carboxylic acids is 4. The summed E-state index contributed by atoms with van der Waals surface area (Å²) < 4.78 is 6.22. The molecule has 15 heteroatoms. The lowest BCUT2D eigenvalue weighted by molar-refractivity contribution is -0.129. The molecule has 298 valence electrons. The highest BCUT2D eigenvalue weighted by molar-refractivity contribution is 6.22. The largest absolute Gasteiger partial charge is 0.490 e. The molecule has 5 aliphatic rings. The van der Waals surface area contributed by atoms with E-state index in [0.717, 1.165) is 80.4 Å². The van der Waals surface area contributed by atoms with E-state index in [4.69, 9.17) is 4.74 Å². The molecule has 2 atom stereocenters. The Morgan fingerprint density at radius 2 is 1.71 bits per heavy atom. The van der Waals surface area contributed by atoms with Gasteiger partial charge in [0.15, 0.2) is 0 Å². The molecule has 4 aliphatic heterocycles. The number of anilines is 2. The smallest absolute Gasteiger partial charge is 0.262 e. The van der Waals surface area contributed by atoms with Crippen molar-refractivity contribution >= 4 is 46.0 Å². The summed E-state index contributed by atoms with van der Waals surface area (Å²) in [5.74, 6) is 0.847. The molecule has 4 amide bonds. The van der Waals surface area contributed by atoms with Gasteiger partial charge in [0.05, 0.1) is 33.8 Å². The number of nitrogens with zero attached hydrogens (tertiary/aromatic N) is 7. The molecule has 3 N–H and O–H groups in total. The van der Waals surface area contributed by atoms with E-state index in [9.17, 15) is 29.5 Å². The number of hydrogen-bond acceptors (Lipinski definition) is 12. The fraction of sp³-hybridized carbons (Fsp3) is 0.419. The van der Waals surface area contributed by atoms with E-state index in [0.29, 0.717) is 52.3 Å². The number of amides is 4. The first-order valence-corrected chi connectivity index (χ1v) is 20.2. The molecule has 15 nitrogen and oxygen atoms in total. The SMILES string of the molecule is N#Cc1ccc(OC2CC(NC(=O)c3ccc(N4CCC(CN5CCN(c6ccc7c(c6)C(=O)N(C6CCC(=O)NC6O)C7=O)CC5)CC4)nc3)C2)c2cccnc12. The van der Waals surface area contributed by atoms with Gasteiger partial charge >= 0.3 is 0 Å². The number of carbonyl (C=O) groups is 4. The molecule has 1 saturated carbocycles. The highest BCUT2D eigenvalue weighted by Crippen LogP contribution is 2.34. The van der Waals surface area contributed by atoms with E-state index < -0.39 is 24.1 Å². The number of piperazine rings is 1. The molecule has 2 aromatic carbocycles. The minimum Gasteiger partial charge on any atom is -0.490 e. The zero-order valence-electron chi connectivity index (χ0n) is 32.0. The Morgan fingerprint density at radius 3 is 2.45 bits per heavy atom. The second-order valence-electron chi connectivity index (χ2n) is 16.0. The molecule has 4 aromatic rings. The Kier molecular flexibility index (Phi) is 10.1. The van der Waals surface area contributed by atoms with E-state index in [-0.39, 0.29) is 36.8 Å². The van der Waals surface area contributed by atoms with Crippen LogP contribution in [0.15, 0.2) is 67.0 Å². The number of nitriles is 1. The van der Waals surface area contributed by atoms with Gasteiger partial charge in [-0.3, -0.25) is 34.0 Å². The molecule has 58 heavy (non-hydrogen) atoms. The van der Waals surface area contributed by atoms with E-state index in [1.807, 2.05) is 36.4 Å². The fourth-order valence-electron chi connectivity index (χ4n) is 8.96. The number of ether oxygens (including phenoxy) is 1. The molecule has 1 aliphatic carbocycles. The van der Waals surface area contributed by atoms with Crippen LogP contribution in [-0.2, 0) is 4.79 Å². The van der Waals surface area contributed by atoms with Gasteiger partial charge in [0.2, 0.25) is 5.91 Å². The Balaban J connectivity index is 0.704. The number of aliphatic hydroxyl groups is 1. The zero-order chi connectivity index (χ0) is 39.9. The monoisotopic (exact) mass is 783 g/mol. The highest BCUT2D eigenvalue weighted by atomic mass is 16.5. The number of hydrogen-bond donors (Lipinski definition) is 3. The number of rotatable bonds is 9. The Morgan fingerprint density at radius 1 is 0.914 bits per heavy atom. The van der Waals surface area contributed by atoms with Crippen molar-refractivity contribution in [2.24, 2.45) is 5.92 Å². The molecule has 0 spiro atoms. The van der Waals surface area contributed by atoms with Crippen LogP contribution in [0.2, 0.25) is 0 Å². The third kappa shape index (κ3) is 7.29. The van der Waals surface area contributed by atoms with Crippen molar-refractivity contribution in [2.75, 3.05) is 55.6 Å². The van der Waals surface area contributed by atoms with Crippen molar-refractivity contribution < 1.29 is 29.0 Å². The lowest BCUT2D eigenvalue weighted by Gasteiger charge is -2.40. The van der Waals surface area contributed by atoms with Gasteiger partial charge in [0.25, 0.3) is 17.7 Å². The van der Waals surface area contributed by atoms with Gasteiger partial charge < -0.3 is 30.3 Å². The van der Waals surface area contributed by atoms with Gasteiger partial charge in [0.1, 0.15) is 30.0 Å². The van der Waals surface area contributed by atoms with Crippen LogP contribution in [0.3, 0.4) is 0 Å². The Hall–Kier alpha value is -6.11. The van der Waals surface area contributed by atoms with Crippen LogP contribution in [0, 0.1) is 17.2 Å². The fourth-order valence-corrected chi connectivity index (χ4v) is 8.96. The molecular formula is C43H45N9O6. The number of benzene rings is 2. The van der Waals surface area contributed by atoms with Gasteiger partial charge in [-0.15, -0.1) is 0 Å². The maximum Gasteiger partial charge on any atom is 0.262 e. The predicted octanol–water partition coefficient (Wildman–Crippen LogP) is 3.07. The minimum atomic E-state index is -1.27. The van der Waals surface area contributed by atoms with Gasteiger partial charge in [-0.25, -0.2) is 4.98 Å². The number of fused-ring (bicyclic) bond motifs is 2. The normalized spacial score (nSPS) is 23.9. The first-order chi connectivity index (χ1) is 28.2. The molecule has 9 rings (SSSR count). The van der Waals surface area contributed by atoms with Crippen molar-refractivity contribution in [1.82, 2.24) is 30.4 Å². The zero-order valence-corrected chi connectivity index (χ0v) is 32.0. The second kappa shape index (κ2) is 15.7. The number of aromatic nitrogens is 2. The first-order valence-electron chi connectivity index (χ1n) is 20.2. The lowest BCUT2D eigenvalue weighted by Crippen LogP contribution is -2.57. The Bertz CT molecular complexity index is 2290. The van der Waals surface area contributed by atoms with E-state index in [1.165, 1.54) is 0 Å². The van der Waals surface area contributed by atoms with Crippen LogP contribution in [0.1, 0.15) is 75.2 Å². The maximum atomic E-state index is 13.4. The standard InChI is InChI=1S/C43H45N9O6/c44-23-27-3-8-36(33-2-1-13-45-39(27)33)58-31-20-29(21-31)47-40(54)28-4-9-37(46-24-28)51-14-11-26(12-15-51)25-49-16-18-50(19-17-49)30-5-6-32-34(22-30)43(57)52(42(32)56)35-7-10-38(53)48-41(35)55/h1-6,8-9,13,22,24,26,29,31,35,41,55H,7,10-12,14-21,25H2,(H,47,54)(H,48,53). The van der Waals surface area contributed by atoms with Crippen LogP contribution in [0.25, 0.3) is 10.9 Å². The maximum absolute atomic E-state index is 13.4. The van der Waals surface area contributed by atoms with Crippen LogP contribution >= 0.6 is 0 Å². The molecular weight excluding hydrogens is 739 g/mol. The summed E-state index contributed by atoms with van der Waals surface area (Å²) in [4.78, 5) is 68.4. The molecule has 0 bridgehead atoms. The Labute approximate surface area is 335 Å². The molecule has 4 fully saturated rings. The molecule has 2 aromatic heterocycles. The number of pyridine rings is 2. The summed E-state index contributed by atoms with van der Waals surface area (Å²) in [6.07, 6.45) is 5.91. The molecule has 6 heterocycles. The number of aliphatic hydroxyl groups excluding tert-OH is 1. The number of piperidine rings is 2. The average Bonchev–Trinajstić information content (AvgIpc) is 3.48. The first kappa shape index (κ1) is 37.5. The molecule has 3 saturated heterocycles. The highest BCUT2D eigenvalue weighted by Gasteiger charge is 2.44. The van der Waals surface area contributed by atoms with Gasteiger partial charge in [-0.2, -0.15) is 5.26 Å². The summed E-state index contributed by atoms with van der Waals surface area (Å²) in [5.41, 5.74) is 3.24. The third-order valence-electron chi connectivity index (χ3n) is 12.3. The lowest BCUT2D eigenvalue weighted by atomic mass is 9.89. The van der Waals surface area contributed by atoms with Crippen LogP contribution < -0.4 is 25.2 Å². The van der Waals surface area contributed by atoms with Gasteiger partial charge in [-0.05, 0) is 79.8 Å². The van der Waals surface area contributed by atoms with Crippen molar-refractivity contribution in [3.05, 3.63) is 89.2 Å². The van der Waals surface area contributed by atoms with E-state index >= 15 is 0 Å². The third-order valence-corrected chi connectivity index (χ3v) is 12.3. The van der Waals surface area contributed by atoms with Crippen molar-refractivity contribution in [2.45, 2.75) is 62.9 Å². The van der Waals surface area contributed by atoms with Crippen molar-refractivity contribution in [3.63, 3.8) is 0 Å². The quantitative estimate of drug-likeness (QED) is 0.211. The summed E-state index contributed by atoms with van der Waals surface area (Å²) >= 11 is 0. The topological polar surface area (TPSA) is 184 Å². The van der Waals surface area contributed by atoms with Crippen LogP contribution in [0.5, 0.6) is 5.75 Å². The average molecular weight is 784 g/mol.